The summed E-state index contributed by atoms with van der Waals surface area (Å²) in [5.74, 6) is 1.08. The van der Waals surface area contributed by atoms with Crippen molar-refractivity contribution in [3.05, 3.63) is 34.9 Å². The summed E-state index contributed by atoms with van der Waals surface area (Å²) in [6.45, 7) is 6.97. The molecule has 1 atom stereocenters. The summed E-state index contributed by atoms with van der Waals surface area (Å²) in [6, 6.07) is 6.57. The van der Waals surface area contributed by atoms with E-state index in [4.69, 9.17) is 0 Å². The molecule has 0 saturated heterocycles. The highest BCUT2D eigenvalue weighted by molar-refractivity contribution is 5.77. The molecule has 0 spiro atoms. The number of benzene rings is 1. The Hall–Kier alpha value is -1.84. The van der Waals surface area contributed by atoms with E-state index in [9.17, 15) is 9.59 Å². The fraction of sp³-hybridized carbons (Fsp3) is 0.579. The third-order valence-electron chi connectivity index (χ3n) is 4.61. The molecule has 1 fully saturated rings. The molecule has 0 radical (unpaired) electrons. The van der Waals surface area contributed by atoms with E-state index >= 15 is 0 Å². The molecule has 0 bridgehead atoms. The fourth-order valence-corrected chi connectivity index (χ4v) is 2.90. The molecule has 23 heavy (non-hydrogen) atoms. The number of carbonyl (C=O) groups is 2. The molecule has 1 unspecified atom stereocenters. The lowest BCUT2D eigenvalue weighted by Gasteiger charge is -2.18. The van der Waals surface area contributed by atoms with Crippen LogP contribution in [0.2, 0.25) is 0 Å². The molecule has 4 heteroatoms. The molecule has 1 aromatic rings. The number of rotatable bonds is 8. The maximum absolute atomic E-state index is 12.2. The van der Waals surface area contributed by atoms with Gasteiger partial charge in [0.25, 0.3) is 0 Å². The summed E-state index contributed by atoms with van der Waals surface area (Å²) in [5.41, 5.74) is 3.89. The normalized spacial score (nSPS) is 15.1. The van der Waals surface area contributed by atoms with Gasteiger partial charge in [-0.1, -0.05) is 18.2 Å². The third kappa shape index (κ3) is 5.70. The number of amides is 2. The number of hydrogen-bond donors (Lipinski definition) is 2. The van der Waals surface area contributed by atoms with Crippen LogP contribution in [0.15, 0.2) is 18.2 Å². The molecule has 2 amide bonds. The smallest absolute Gasteiger partial charge is 0.220 e. The largest absolute Gasteiger partial charge is 0.356 e. The first-order chi connectivity index (χ1) is 11.0. The minimum absolute atomic E-state index is 0.0279. The SMILES string of the molecule is CC(=O)NCCCNC(=O)CC(c1ccc(C)c(C)c1)C1CC1. The molecular formula is C19H28N2O2. The van der Waals surface area contributed by atoms with Gasteiger partial charge in [0.05, 0.1) is 0 Å². The van der Waals surface area contributed by atoms with Crippen molar-refractivity contribution in [2.24, 2.45) is 5.92 Å². The van der Waals surface area contributed by atoms with Crippen LogP contribution in [0, 0.1) is 19.8 Å². The van der Waals surface area contributed by atoms with Crippen LogP contribution in [0.1, 0.15) is 55.2 Å². The second kappa shape index (κ2) is 8.14. The first-order valence-corrected chi connectivity index (χ1v) is 8.55. The van der Waals surface area contributed by atoms with Crippen LogP contribution >= 0.6 is 0 Å². The molecule has 0 heterocycles. The van der Waals surface area contributed by atoms with Crippen LogP contribution in [0.25, 0.3) is 0 Å². The summed E-state index contributed by atoms with van der Waals surface area (Å²) in [6.07, 6.45) is 3.79. The van der Waals surface area contributed by atoms with Crippen molar-refractivity contribution >= 4 is 11.8 Å². The summed E-state index contributed by atoms with van der Waals surface area (Å²) >= 11 is 0. The van der Waals surface area contributed by atoms with Gasteiger partial charge in [0.1, 0.15) is 0 Å². The van der Waals surface area contributed by atoms with Gasteiger partial charge < -0.3 is 10.6 Å². The van der Waals surface area contributed by atoms with Gasteiger partial charge in [0.15, 0.2) is 0 Å². The summed E-state index contributed by atoms with van der Waals surface area (Å²) < 4.78 is 0. The Morgan fingerprint density at radius 2 is 1.83 bits per heavy atom. The van der Waals surface area contributed by atoms with Crippen LogP contribution in [0.4, 0.5) is 0 Å². The predicted molar refractivity (Wildman–Crippen MR) is 92.3 cm³/mol. The van der Waals surface area contributed by atoms with Gasteiger partial charge in [-0.05, 0) is 61.6 Å². The minimum atomic E-state index is -0.0279. The van der Waals surface area contributed by atoms with Gasteiger partial charge in [0.2, 0.25) is 11.8 Å². The van der Waals surface area contributed by atoms with Gasteiger partial charge >= 0.3 is 0 Å². The zero-order chi connectivity index (χ0) is 16.8. The van der Waals surface area contributed by atoms with E-state index in [0.29, 0.717) is 31.3 Å². The summed E-state index contributed by atoms with van der Waals surface area (Å²) in [4.78, 5) is 23.0. The molecule has 1 aliphatic carbocycles. The molecule has 126 valence electrons. The van der Waals surface area contributed by atoms with Crippen molar-refractivity contribution < 1.29 is 9.59 Å². The van der Waals surface area contributed by atoms with Gasteiger partial charge in [-0.2, -0.15) is 0 Å². The number of carbonyl (C=O) groups excluding carboxylic acids is 2. The van der Waals surface area contributed by atoms with Gasteiger partial charge in [-0.3, -0.25) is 9.59 Å². The topological polar surface area (TPSA) is 58.2 Å². The van der Waals surface area contributed by atoms with Crippen LogP contribution in [-0.4, -0.2) is 24.9 Å². The molecule has 4 nitrogen and oxygen atoms in total. The Morgan fingerprint density at radius 3 is 2.43 bits per heavy atom. The quantitative estimate of drug-likeness (QED) is 0.725. The van der Waals surface area contributed by atoms with Crippen molar-refractivity contribution in [3.63, 3.8) is 0 Å². The molecule has 0 aliphatic heterocycles. The average Bonchev–Trinajstić information content (AvgIpc) is 3.32. The van der Waals surface area contributed by atoms with E-state index < -0.39 is 0 Å². The van der Waals surface area contributed by atoms with Crippen LogP contribution in [0.3, 0.4) is 0 Å². The van der Waals surface area contributed by atoms with E-state index in [2.05, 4.69) is 42.7 Å². The average molecular weight is 316 g/mol. The van der Waals surface area contributed by atoms with Crippen molar-refractivity contribution in [2.75, 3.05) is 13.1 Å². The maximum Gasteiger partial charge on any atom is 0.220 e. The minimum Gasteiger partial charge on any atom is -0.356 e. The van der Waals surface area contributed by atoms with E-state index in [0.717, 1.165) is 6.42 Å². The van der Waals surface area contributed by atoms with Crippen molar-refractivity contribution in [2.45, 2.75) is 52.4 Å². The lowest BCUT2D eigenvalue weighted by molar-refractivity contribution is -0.121. The molecule has 0 aromatic heterocycles. The van der Waals surface area contributed by atoms with Crippen LogP contribution in [0.5, 0.6) is 0 Å². The van der Waals surface area contributed by atoms with E-state index in [1.165, 1.54) is 36.5 Å². The van der Waals surface area contributed by atoms with Gasteiger partial charge in [0, 0.05) is 26.4 Å². The standard InChI is InChI=1S/C19H28N2O2/c1-13-5-6-17(11-14(13)2)18(16-7-8-16)12-19(23)21-10-4-9-20-15(3)22/h5-6,11,16,18H,4,7-10,12H2,1-3H3,(H,20,22)(H,21,23). The Bertz CT molecular complexity index is 564. The van der Waals surface area contributed by atoms with E-state index in [1.54, 1.807) is 0 Å². The van der Waals surface area contributed by atoms with Crippen molar-refractivity contribution in [3.8, 4) is 0 Å². The highest BCUT2D eigenvalue weighted by atomic mass is 16.2. The maximum atomic E-state index is 12.2. The Morgan fingerprint density at radius 1 is 1.13 bits per heavy atom. The monoisotopic (exact) mass is 316 g/mol. The molecule has 2 rings (SSSR count). The second-order valence-corrected chi connectivity index (χ2v) is 6.68. The fourth-order valence-electron chi connectivity index (χ4n) is 2.90. The number of nitrogens with one attached hydrogen (secondary N) is 2. The molecule has 2 N–H and O–H groups in total. The van der Waals surface area contributed by atoms with Gasteiger partial charge in [-0.15, -0.1) is 0 Å². The third-order valence-corrected chi connectivity index (χ3v) is 4.61. The highest BCUT2D eigenvalue weighted by Crippen LogP contribution is 2.44. The van der Waals surface area contributed by atoms with Crippen LogP contribution in [-0.2, 0) is 9.59 Å². The van der Waals surface area contributed by atoms with E-state index in [1.807, 2.05) is 0 Å². The Labute approximate surface area is 139 Å². The van der Waals surface area contributed by atoms with Crippen LogP contribution < -0.4 is 10.6 Å². The molecule has 1 saturated carbocycles. The predicted octanol–water partition coefficient (Wildman–Crippen LogP) is 2.83. The first kappa shape index (κ1) is 17.5. The lowest BCUT2D eigenvalue weighted by atomic mass is 9.89. The molecule has 1 aromatic carbocycles. The Kier molecular flexibility index (Phi) is 6.20. The zero-order valence-electron chi connectivity index (χ0n) is 14.4. The number of hydrogen-bond acceptors (Lipinski definition) is 2. The van der Waals surface area contributed by atoms with Gasteiger partial charge in [-0.25, -0.2) is 0 Å². The van der Waals surface area contributed by atoms with Crippen molar-refractivity contribution in [1.29, 1.82) is 0 Å². The molecular weight excluding hydrogens is 288 g/mol. The lowest BCUT2D eigenvalue weighted by Crippen LogP contribution is -2.29. The number of aryl methyl sites for hydroxylation is 2. The first-order valence-electron chi connectivity index (χ1n) is 8.55. The van der Waals surface area contributed by atoms with E-state index in [-0.39, 0.29) is 11.8 Å². The second-order valence-electron chi connectivity index (χ2n) is 6.68. The summed E-state index contributed by atoms with van der Waals surface area (Å²) in [7, 11) is 0. The zero-order valence-corrected chi connectivity index (χ0v) is 14.4. The highest BCUT2D eigenvalue weighted by Gasteiger charge is 2.33. The Balaban J connectivity index is 1.83. The summed E-state index contributed by atoms with van der Waals surface area (Å²) in [5, 5.41) is 5.71. The van der Waals surface area contributed by atoms with Crippen molar-refractivity contribution in [1.82, 2.24) is 10.6 Å². The molecule has 1 aliphatic rings.